The van der Waals surface area contributed by atoms with E-state index in [0.717, 1.165) is 23.7 Å². The Morgan fingerprint density at radius 1 is 0.984 bits per heavy atom. The van der Waals surface area contributed by atoms with Gasteiger partial charge in [0.05, 0.1) is 32.8 Å². The number of halogens is 1. The van der Waals surface area contributed by atoms with Gasteiger partial charge in [0.2, 0.25) is 0 Å². The quantitative estimate of drug-likeness (QED) is 0.155. The molecule has 1 unspecified atom stereocenters. The standard InChI is InChI=1S/C46H48FN9O6S/c1-6-63(48,60)35-10-8-33(9-11-35)53-17-18-54(45(53)59)41-39-29(5)52(16-13-36(39)50-56(41)34-21-26(2)40(47)27(3)22-34)42(57)38-24-32-23-31(30-14-19-61-20-15-30)7-12-37(32)55(38)46(25-28(46)4)43-49-44(58)62-51-43/h7-12,17-18,21-24,28-30,48H,6,13-16,19-20,25H2,1-5H3,(H,49,51,58)/t28-,29-,46-,63?/m0/s1. The highest BCUT2D eigenvalue weighted by Gasteiger charge is 2.59. The van der Waals surface area contributed by atoms with Gasteiger partial charge in [-0.1, -0.05) is 25.1 Å². The summed E-state index contributed by atoms with van der Waals surface area (Å²) in [7, 11) is -2.96. The Bertz CT molecular complexity index is 3180. The minimum Gasteiger partial charge on any atom is -0.381 e. The molecule has 2 N–H and O–H groups in total. The van der Waals surface area contributed by atoms with Crippen molar-refractivity contribution >= 4 is 26.5 Å². The topological polar surface area (TPSA) is 179 Å². The predicted molar refractivity (Wildman–Crippen MR) is 233 cm³/mol. The Balaban J connectivity index is 1.11. The summed E-state index contributed by atoms with van der Waals surface area (Å²) in [6.07, 6.45) is 6.09. The summed E-state index contributed by atoms with van der Waals surface area (Å²) in [5.41, 5.74) is 4.46. The van der Waals surface area contributed by atoms with Crippen molar-refractivity contribution in [3.05, 3.63) is 139 Å². The van der Waals surface area contributed by atoms with Crippen LogP contribution in [0, 0.1) is 30.4 Å². The molecule has 7 aromatic rings. The molecule has 3 aliphatic rings. The molecule has 2 fully saturated rings. The second kappa shape index (κ2) is 14.9. The van der Waals surface area contributed by atoms with E-state index < -0.39 is 32.8 Å². The van der Waals surface area contributed by atoms with E-state index in [-0.39, 0.29) is 23.4 Å². The van der Waals surface area contributed by atoms with E-state index in [1.54, 1.807) is 74.2 Å². The normalized spacial score (nSPS) is 21.1. The molecule has 0 radical (unpaired) electrons. The molecule has 1 amide bonds. The van der Waals surface area contributed by atoms with E-state index in [1.807, 2.05) is 22.5 Å². The van der Waals surface area contributed by atoms with E-state index in [4.69, 9.17) is 19.1 Å². The molecule has 4 aromatic heterocycles. The number of imidazole rings is 1. The molecule has 3 aromatic carbocycles. The maximum Gasteiger partial charge on any atom is 0.438 e. The van der Waals surface area contributed by atoms with Crippen molar-refractivity contribution in [2.45, 2.75) is 82.7 Å². The molecule has 1 saturated carbocycles. The van der Waals surface area contributed by atoms with Crippen LogP contribution in [-0.2, 0) is 26.4 Å². The van der Waals surface area contributed by atoms with Crippen molar-refractivity contribution in [2.75, 3.05) is 25.5 Å². The van der Waals surface area contributed by atoms with Crippen LogP contribution in [-0.4, -0.2) is 74.1 Å². The van der Waals surface area contributed by atoms with Gasteiger partial charge < -0.3 is 14.2 Å². The fourth-order valence-electron chi connectivity index (χ4n) is 9.94. The molecule has 0 bridgehead atoms. The lowest BCUT2D eigenvalue weighted by Gasteiger charge is -2.34. The van der Waals surface area contributed by atoms with Gasteiger partial charge in [-0.2, -0.15) is 5.10 Å². The number of rotatable bonds is 9. The lowest BCUT2D eigenvalue weighted by Crippen LogP contribution is -2.41. The molecule has 326 valence electrons. The predicted octanol–water partition coefficient (Wildman–Crippen LogP) is 7.06. The summed E-state index contributed by atoms with van der Waals surface area (Å²) < 4.78 is 53.4. The number of aromatic nitrogens is 7. The summed E-state index contributed by atoms with van der Waals surface area (Å²) in [6.45, 7) is 10.8. The summed E-state index contributed by atoms with van der Waals surface area (Å²) >= 11 is 0. The largest absolute Gasteiger partial charge is 0.438 e. The number of carbonyl (C=O) groups excluding carboxylic acids is 1. The highest BCUT2D eigenvalue weighted by atomic mass is 32.2. The van der Waals surface area contributed by atoms with Crippen molar-refractivity contribution < 1.29 is 22.7 Å². The maximum atomic E-state index is 15.4. The Morgan fingerprint density at radius 3 is 2.33 bits per heavy atom. The highest BCUT2D eigenvalue weighted by molar-refractivity contribution is 7.92. The molecule has 63 heavy (non-hydrogen) atoms. The number of aryl methyl sites for hydroxylation is 2. The molecule has 0 spiro atoms. The molecule has 17 heteroatoms. The molecule has 6 heterocycles. The second-order valence-electron chi connectivity index (χ2n) is 17.2. The fourth-order valence-corrected chi connectivity index (χ4v) is 10.9. The zero-order valence-electron chi connectivity index (χ0n) is 35.7. The fraction of sp³-hybridized carbons (Fsp3) is 0.370. The SMILES string of the molecule is CCS(=N)(=O)c1ccc(-n2ccn(-c3c4c(nn3-c3cc(C)c(F)c(C)c3)CCN(C(=O)c3cc5cc(C6CCOCC6)ccc5n3[C@@]3(c5noc(=O)[nH]5)C[C@@H]3C)[C@H]4C)c2=O)cc1. The number of amides is 1. The van der Waals surface area contributed by atoms with E-state index >= 15 is 9.18 Å². The van der Waals surface area contributed by atoms with Gasteiger partial charge in [-0.25, -0.2) is 27.6 Å². The minimum absolute atomic E-state index is 0.0169. The maximum absolute atomic E-state index is 15.4. The Hall–Kier alpha value is -6.33. The van der Waals surface area contributed by atoms with Crippen LogP contribution in [0.3, 0.4) is 0 Å². The van der Waals surface area contributed by atoms with Crippen LogP contribution in [0.25, 0.3) is 28.1 Å². The van der Waals surface area contributed by atoms with Crippen LogP contribution in [0.4, 0.5) is 4.39 Å². The van der Waals surface area contributed by atoms with Crippen molar-refractivity contribution in [1.29, 1.82) is 4.78 Å². The third-order valence-corrected chi connectivity index (χ3v) is 15.4. The Kier molecular flexibility index (Phi) is 9.63. The van der Waals surface area contributed by atoms with Crippen molar-refractivity contribution in [1.82, 2.24) is 38.5 Å². The lowest BCUT2D eigenvalue weighted by molar-refractivity contribution is 0.0663. The van der Waals surface area contributed by atoms with Gasteiger partial charge >= 0.3 is 11.4 Å². The van der Waals surface area contributed by atoms with Crippen LogP contribution in [0.1, 0.15) is 96.3 Å². The monoisotopic (exact) mass is 873 g/mol. The molecule has 1 saturated heterocycles. The minimum atomic E-state index is -2.96. The molecule has 2 aliphatic heterocycles. The first-order valence-electron chi connectivity index (χ1n) is 21.4. The first kappa shape index (κ1) is 40.7. The van der Waals surface area contributed by atoms with Crippen LogP contribution in [0.15, 0.2) is 92.1 Å². The van der Waals surface area contributed by atoms with E-state index in [9.17, 15) is 13.8 Å². The van der Waals surface area contributed by atoms with Crippen molar-refractivity contribution in [3.8, 4) is 17.2 Å². The van der Waals surface area contributed by atoms with Crippen LogP contribution >= 0.6 is 0 Å². The Morgan fingerprint density at radius 2 is 1.68 bits per heavy atom. The van der Waals surface area contributed by atoms with E-state index in [1.165, 1.54) is 14.7 Å². The van der Waals surface area contributed by atoms with Gasteiger partial charge in [0.1, 0.15) is 22.9 Å². The molecular formula is C46H48FN9O6S. The number of benzene rings is 3. The first-order valence-corrected chi connectivity index (χ1v) is 23.1. The second-order valence-corrected chi connectivity index (χ2v) is 19.6. The lowest BCUT2D eigenvalue weighted by atomic mass is 9.91. The number of H-pyrrole nitrogens is 1. The average molecular weight is 874 g/mol. The summed E-state index contributed by atoms with van der Waals surface area (Å²) in [5.74, 6) is 0.0469. The van der Waals surface area contributed by atoms with Crippen LogP contribution in [0.5, 0.6) is 0 Å². The van der Waals surface area contributed by atoms with Crippen LogP contribution < -0.4 is 11.4 Å². The highest BCUT2D eigenvalue weighted by Crippen LogP contribution is 2.56. The molecule has 4 atom stereocenters. The van der Waals surface area contributed by atoms with E-state index in [2.05, 4.69) is 35.3 Å². The summed E-state index contributed by atoms with van der Waals surface area (Å²) in [6, 6.07) is 17.6. The van der Waals surface area contributed by atoms with Gasteiger partial charge in [0, 0.05) is 65.7 Å². The molecule has 1 aliphatic carbocycles. The van der Waals surface area contributed by atoms with Gasteiger partial charge in [-0.3, -0.25) is 23.4 Å². The average Bonchev–Trinajstić information content (AvgIpc) is 3.78. The zero-order chi connectivity index (χ0) is 44.1. The van der Waals surface area contributed by atoms with Crippen molar-refractivity contribution in [2.24, 2.45) is 5.92 Å². The molecule has 10 rings (SSSR count). The zero-order valence-corrected chi connectivity index (χ0v) is 36.5. The van der Waals surface area contributed by atoms with E-state index in [0.29, 0.717) is 94.5 Å². The summed E-state index contributed by atoms with van der Waals surface area (Å²) in [5, 5.41) is 10.1. The van der Waals surface area contributed by atoms with Crippen LogP contribution in [0.2, 0.25) is 0 Å². The van der Waals surface area contributed by atoms with Gasteiger partial charge in [0.15, 0.2) is 5.82 Å². The smallest absolute Gasteiger partial charge is 0.381 e. The Labute approximate surface area is 362 Å². The van der Waals surface area contributed by atoms with Crippen molar-refractivity contribution in [3.63, 3.8) is 0 Å². The number of hydrogen-bond donors (Lipinski definition) is 2. The number of nitrogens with one attached hydrogen (secondary N) is 2. The number of aromatic amines is 1. The first-order chi connectivity index (χ1) is 30.2. The number of carbonyl (C=O) groups is 1. The number of hydrogen-bond acceptors (Lipinski definition) is 9. The molecule has 15 nitrogen and oxygen atoms in total. The summed E-state index contributed by atoms with van der Waals surface area (Å²) in [4.78, 5) is 47.4. The molecular weight excluding hydrogens is 826 g/mol. The van der Waals surface area contributed by atoms with Gasteiger partial charge in [-0.15, -0.1) is 0 Å². The number of ether oxygens (including phenoxy) is 1. The third-order valence-electron chi connectivity index (χ3n) is 13.5. The third kappa shape index (κ3) is 6.45. The van der Waals surface area contributed by atoms with Gasteiger partial charge in [0.25, 0.3) is 5.91 Å². The number of fused-ring (bicyclic) bond motifs is 2. The number of nitrogens with zero attached hydrogens (tertiary/aromatic N) is 7. The van der Waals surface area contributed by atoms with Gasteiger partial charge in [-0.05, 0) is 123 Å².